The van der Waals surface area contributed by atoms with E-state index in [1.807, 2.05) is 24.3 Å². The van der Waals surface area contributed by atoms with Crippen LogP contribution in [0.25, 0.3) is 0 Å². The van der Waals surface area contributed by atoms with Crippen molar-refractivity contribution in [3.8, 4) is 5.75 Å². The molecule has 3 rings (SSSR count). The quantitative estimate of drug-likeness (QED) is 0.00893. The number of halogens is 3. The topological polar surface area (TPSA) is 417 Å². The molecule has 1 unspecified atom stereocenters. The Morgan fingerprint density at radius 1 is 0.491 bits per heavy atom. The minimum absolute atomic E-state index is 0.0134. The minimum atomic E-state index is -1.00. The molecule has 0 spiro atoms. The number of hydrogen-bond acceptors (Lipinski definition) is 23. The summed E-state index contributed by atoms with van der Waals surface area (Å²) in [5.74, 6) is -8.81. The fourth-order valence-corrected chi connectivity index (χ4v) is 10.1. The van der Waals surface area contributed by atoms with Gasteiger partial charge in [0.2, 0.25) is 5.91 Å². The van der Waals surface area contributed by atoms with Gasteiger partial charge in [0, 0.05) is 81.8 Å². The van der Waals surface area contributed by atoms with Gasteiger partial charge >= 0.3 is 53.2 Å². The van der Waals surface area contributed by atoms with Crippen LogP contribution in [0.2, 0.25) is 0 Å². The predicted octanol–water partition coefficient (Wildman–Crippen LogP) is 14.9. The number of carbonyl (C=O) groups is 12. The molecule has 1 amide bonds. The number of ketones is 2. The molecule has 0 bridgehead atoms. The van der Waals surface area contributed by atoms with E-state index in [0.717, 1.165) is 23.1 Å². The number of Topliss-reactive ketones (excluding diaryl/α,β-unsaturated/α-hetero) is 2. The van der Waals surface area contributed by atoms with E-state index in [-0.39, 0.29) is 93.1 Å². The number of nitro groups is 1. The molecular formula is C82H127ClF2N4O23. The number of non-ortho nitro benzene ring substituents is 1. The van der Waals surface area contributed by atoms with E-state index in [2.05, 4.69) is 10.1 Å². The summed E-state index contributed by atoms with van der Waals surface area (Å²) in [6, 6.07) is 19.4. The van der Waals surface area contributed by atoms with Gasteiger partial charge in [0.15, 0.2) is 0 Å². The fourth-order valence-electron chi connectivity index (χ4n) is 9.99. The third-order valence-electron chi connectivity index (χ3n) is 14.7. The van der Waals surface area contributed by atoms with Crippen LogP contribution in [0.15, 0.2) is 72.8 Å². The summed E-state index contributed by atoms with van der Waals surface area (Å²) < 4.78 is 68.4. The highest BCUT2D eigenvalue weighted by atomic mass is 35.5. The number of hydrogen-bond donors (Lipinski definition) is 5. The Bertz CT molecular complexity index is 3430. The van der Waals surface area contributed by atoms with E-state index >= 15 is 0 Å². The SMILES string of the molecule is CC(C)(C)OC(=O)CC[C@H](CC(=O)C[C@@H](CCCCN)C(=O)OC(C)(C)C)C(=O)OC(C)(C)C.CC(CC(=O)OC(C)(C)C)[C@H](CC(=O)C[C@@H](CCCCNC(=O)CCc1ccc(CC(=O)O)cc1)C(=O)OC(C)(C)C)C(=O)OC(C)(C)C.NCc1ccc(CC(=O)O)cc1.O=C(Cl)Oc1ccc([N+](=O)[O-])cc1.[2H]CF.[2H]CF. The maximum atomic E-state index is 13.4. The Morgan fingerprint density at radius 2 is 0.848 bits per heavy atom. The molecule has 0 fully saturated rings. The maximum Gasteiger partial charge on any atom is 0.409 e. The Morgan fingerprint density at radius 3 is 1.21 bits per heavy atom. The lowest BCUT2D eigenvalue weighted by Crippen LogP contribution is -2.35. The van der Waals surface area contributed by atoms with Crippen LogP contribution in [0.5, 0.6) is 5.75 Å². The number of benzene rings is 3. The first-order valence-electron chi connectivity index (χ1n) is 38.3. The molecule has 7 N–H and O–H groups in total. The molecule has 0 saturated heterocycles. The molecule has 0 aliphatic carbocycles. The Kier molecular flexibility index (Phi) is 49.7. The van der Waals surface area contributed by atoms with E-state index in [0.29, 0.717) is 63.7 Å². The number of carbonyl (C=O) groups excluding carboxylic acids is 10. The molecule has 27 nitrogen and oxygen atoms in total. The molecule has 0 heterocycles. The van der Waals surface area contributed by atoms with Gasteiger partial charge in [-0.05, 0) is 210 Å². The van der Waals surface area contributed by atoms with Crippen LogP contribution in [-0.2, 0) is 107 Å². The summed E-state index contributed by atoms with van der Waals surface area (Å²) >= 11 is 4.92. The van der Waals surface area contributed by atoms with Gasteiger partial charge in [-0.1, -0.05) is 68.3 Å². The smallest absolute Gasteiger partial charge is 0.409 e. The number of esters is 6. The fraction of sp³-hybridized carbons (Fsp3) is 0.634. The van der Waals surface area contributed by atoms with Gasteiger partial charge in [-0.15, -0.1) is 0 Å². The average Bonchev–Trinajstić information content (AvgIpc) is 1.83. The number of nitro benzene ring substituents is 1. The van der Waals surface area contributed by atoms with E-state index in [1.54, 1.807) is 156 Å². The van der Waals surface area contributed by atoms with Crippen LogP contribution in [0.4, 0.5) is 19.3 Å². The lowest BCUT2D eigenvalue weighted by Gasteiger charge is -2.28. The number of carboxylic acids is 2. The van der Waals surface area contributed by atoms with Crippen molar-refractivity contribution in [2.24, 2.45) is 41.1 Å². The second kappa shape index (κ2) is 54.0. The Hall–Kier alpha value is -8.83. The molecule has 0 saturated carbocycles. The largest absolute Gasteiger partial charge is 0.481 e. The second-order valence-corrected chi connectivity index (χ2v) is 32.6. The van der Waals surface area contributed by atoms with Gasteiger partial charge < -0.3 is 60.2 Å². The number of aliphatic carboxylic acids is 2. The number of nitrogens with two attached hydrogens (primary N) is 2. The monoisotopic (exact) mass is 1610 g/mol. The molecule has 5 atom stereocenters. The summed E-state index contributed by atoms with van der Waals surface area (Å²) in [6.07, 6.45) is 3.76. The first kappa shape index (κ1) is 103. The highest BCUT2D eigenvalue weighted by Crippen LogP contribution is 2.30. The lowest BCUT2D eigenvalue weighted by atomic mass is 9.84. The van der Waals surface area contributed by atoms with Gasteiger partial charge in [-0.2, -0.15) is 0 Å². The second-order valence-electron chi connectivity index (χ2n) is 32.3. The van der Waals surface area contributed by atoms with Crippen LogP contribution in [0.1, 0.15) is 246 Å². The number of ether oxygens (including phenoxy) is 7. The van der Waals surface area contributed by atoms with Gasteiger partial charge in [0.1, 0.15) is 50.9 Å². The number of carboxylic acid groups (broad SMARTS) is 2. The Labute approximate surface area is 668 Å². The van der Waals surface area contributed by atoms with Gasteiger partial charge in [-0.25, -0.2) is 4.79 Å². The molecule has 30 heteroatoms. The van der Waals surface area contributed by atoms with E-state index < -0.39 is 136 Å². The molecule has 0 radical (unpaired) electrons. The number of nitrogens with zero attached hydrogens (tertiary/aromatic N) is 1. The van der Waals surface area contributed by atoms with Crippen molar-refractivity contribution < 1.29 is 117 Å². The van der Waals surface area contributed by atoms with Gasteiger partial charge in [0.25, 0.3) is 5.69 Å². The molecule has 0 aliphatic rings. The van der Waals surface area contributed by atoms with Crippen molar-refractivity contribution in [2.75, 3.05) is 27.4 Å². The highest BCUT2D eigenvalue weighted by molar-refractivity contribution is 6.61. The summed E-state index contributed by atoms with van der Waals surface area (Å²) in [7, 11) is -2.00. The van der Waals surface area contributed by atoms with Crippen molar-refractivity contribution in [3.05, 3.63) is 105 Å². The molecular weight excluding hydrogens is 1480 g/mol. The van der Waals surface area contributed by atoms with E-state index in [9.17, 15) is 76.4 Å². The molecule has 112 heavy (non-hydrogen) atoms. The summed E-state index contributed by atoms with van der Waals surface area (Å²) in [4.78, 5) is 156. The number of unbranched alkanes of at least 4 members (excludes halogenated alkanes) is 2. The van der Waals surface area contributed by atoms with Crippen LogP contribution in [0, 0.1) is 39.7 Å². The highest BCUT2D eigenvalue weighted by Gasteiger charge is 2.37. The van der Waals surface area contributed by atoms with Gasteiger partial charge in [-0.3, -0.25) is 71.6 Å². The van der Waals surface area contributed by atoms with Crippen LogP contribution < -0.4 is 21.5 Å². The van der Waals surface area contributed by atoms with E-state index in [4.69, 9.17) is 64.4 Å². The number of amides is 1. The standard InChI is InChI=1S/C38H59NO10.C26H47NO7.C9H11NO2.C7H4ClNO4.2CH3F/c1-25(21-33(44)47-36(2,3)4)30(35(46)49-38(8,9)10)24-29(40)23-28(34(45)48-37(5,6)7)13-11-12-20-39-31(41)19-18-26-14-16-27(17-15-26)22-32(42)43;1-24(2,3)32-21(29)14-13-19(23(31)34-26(7,8)9)17-20(28)16-18(12-10-11-15-27)22(30)33-25(4,5)6;10-6-8-3-1-7(2-4-8)5-9(11)12;8-7(10)13-6-3-1-5(2-4-6)9(11)12;2*1-2/h14-17,25,28,30H,11-13,18-24H2,1-10H3,(H,39,41)(H,42,43);18-19H,10-17,27H2,1-9H3;1-4H,5-6,10H2,(H,11,12);1-4H;2*1H3/t25?,28-,30+;18-,19-;;;;/m11..../s1/i;;;;2*1D. The van der Waals surface area contributed by atoms with E-state index in [1.165, 1.54) is 24.3 Å². The number of rotatable bonds is 37. The average molecular weight is 1610 g/mol. The zero-order valence-electron chi connectivity index (χ0n) is 71.1. The molecule has 3 aromatic carbocycles. The van der Waals surface area contributed by atoms with Crippen molar-refractivity contribution in [3.63, 3.8) is 0 Å². The van der Waals surface area contributed by atoms with Crippen LogP contribution in [-0.4, -0.2) is 147 Å². The third-order valence-corrected chi connectivity index (χ3v) is 14.8. The van der Waals surface area contributed by atoms with Crippen molar-refractivity contribution in [1.29, 1.82) is 0 Å². The Balaban J connectivity index is -0.00000161. The van der Waals surface area contributed by atoms with Crippen molar-refractivity contribution >= 4 is 87.9 Å². The molecule has 0 aliphatic heterocycles. The normalized spacial score (nSPS) is 12.8. The summed E-state index contributed by atoms with van der Waals surface area (Å²) in [5.41, 5.74) is 9.06. The number of nitrogens with one attached hydrogen (secondary N) is 1. The zero-order valence-corrected chi connectivity index (χ0v) is 69.8. The zero-order chi connectivity index (χ0) is 88.6. The summed E-state index contributed by atoms with van der Waals surface area (Å²) in [5, 5.41) is 30.5. The number of aryl methyl sites for hydroxylation is 1. The summed E-state index contributed by atoms with van der Waals surface area (Å²) in [6.45, 7) is 34.7. The molecule has 634 valence electrons. The molecule has 0 aromatic heterocycles. The maximum absolute atomic E-state index is 13.4. The van der Waals surface area contributed by atoms with Crippen LogP contribution in [0.3, 0.4) is 0 Å². The number of alkyl halides is 2. The first-order chi connectivity index (χ1) is 52.4. The minimum Gasteiger partial charge on any atom is -0.481 e. The predicted molar refractivity (Wildman–Crippen MR) is 421 cm³/mol. The molecule has 3 aromatic rings. The van der Waals surface area contributed by atoms with Crippen LogP contribution >= 0.6 is 11.6 Å². The van der Waals surface area contributed by atoms with Crippen molar-refractivity contribution in [1.82, 2.24) is 5.32 Å². The lowest BCUT2D eigenvalue weighted by molar-refractivity contribution is -0.384. The third kappa shape index (κ3) is 58.1. The van der Waals surface area contributed by atoms with Crippen molar-refractivity contribution in [2.45, 2.75) is 281 Å². The first-order valence-corrected chi connectivity index (χ1v) is 37.3. The van der Waals surface area contributed by atoms with Gasteiger partial charge in [0.05, 0.1) is 58.5 Å².